The highest BCUT2D eigenvalue weighted by Crippen LogP contribution is 2.28. The number of nitrogens with zero attached hydrogens (tertiary/aromatic N) is 1. The lowest BCUT2D eigenvalue weighted by Crippen LogP contribution is -2.42. The van der Waals surface area contributed by atoms with Gasteiger partial charge in [-0.1, -0.05) is 18.2 Å². The third kappa shape index (κ3) is 4.04. The number of carbonyl (C=O) groups excluding carboxylic acids is 3. The molecule has 0 spiro atoms. The Morgan fingerprint density at radius 3 is 2.62 bits per heavy atom. The Kier molecular flexibility index (Phi) is 6.06. The molecule has 0 bridgehead atoms. The highest BCUT2D eigenvalue weighted by Gasteiger charge is 2.30. The van der Waals surface area contributed by atoms with Crippen molar-refractivity contribution in [3.05, 3.63) is 52.3 Å². The molecule has 29 heavy (non-hydrogen) atoms. The van der Waals surface area contributed by atoms with Gasteiger partial charge in [0, 0.05) is 17.9 Å². The average Bonchev–Trinajstić information content (AvgIpc) is 3.01. The summed E-state index contributed by atoms with van der Waals surface area (Å²) in [4.78, 5) is 42.3. The van der Waals surface area contributed by atoms with E-state index in [1.165, 1.54) is 0 Å². The van der Waals surface area contributed by atoms with Gasteiger partial charge in [-0.15, -0.1) is 0 Å². The number of hydrogen-bond acceptors (Lipinski definition) is 5. The molecule has 1 aromatic heterocycles. The molecular weight excluding hydrogens is 372 g/mol. The van der Waals surface area contributed by atoms with Crippen molar-refractivity contribution in [1.82, 2.24) is 4.98 Å². The number of carbonyl (C=O) groups is 3. The van der Waals surface area contributed by atoms with Crippen molar-refractivity contribution in [2.75, 3.05) is 18.1 Å². The minimum Gasteiger partial charge on any atom is -0.461 e. The smallest absolute Gasteiger partial charge is 0.355 e. The molecule has 0 fully saturated rings. The molecule has 1 atom stereocenters. The van der Waals surface area contributed by atoms with Crippen LogP contribution in [-0.4, -0.2) is 42.1 Å². The summed E-state index contributed by atoms with van der Waals surface area (Å²) in [6.45, 7) is 7.44. The fourth-order valence-corrected chi connectivity index (χ4v) is 3.72. The van der Waals surface area contributed by atoms with Gasteiger partial charge in [0.05, 0.1) is 12.2 Å². The zero-order valence-electron chi connectivity index (χ0n) is 17.2. The number of para-hydroxylation sites is 1. The van der Waals surface area contributed by atoms with Crippen LogP contribution in [0.25, 0.3) is 0 Å². The number of rotatable bonds is 5. The van der Waals surface area contributed by atoms with Gasteiger partial charge in [0.15, 0.2) is 6.10 Å². The Morgan fingerprint density at radius 2 is 1.90 bits per heavy atom. The number of aromatic nitrogens is 1. The molecular formula is C22H26N2O5. The van der Waals surface area contributed by atoms with E-state index in [0.29, 0.717) is 17.8 Å². The number of hydrogen-bond donors (Lipinski definition) is 1. The van der Waals surface area contributed by atoms with Gasteiger partial charge < -0.3 is 19.4 Å². The van der Waals surface area contributed by atoms with Crippen LogP contribution in [0.2, 0.25) is 0 Å². The van der Waals surface area contributed by atoms with Crippen LogP contribution in [0.15, 0.2) is 24.3 Å². The number of nitrogens with one attached hydrogen (secondary N) is 1. The van der Waals surface area contributed by atoms with Crippen LogP contribution in [0.3, 0.4) is 0 Å². The maximum absolute atomic E-state index is 13.0. The summed E-state index contributed by atoms with van der Waals surface area (Å²) in [5.74, 6) is -1.43. The highest BCUT2D eigenvalue weighted by atomic mass is 16.5. The number of H-pyrrole nitrogens is 1. The lowest BCUT2D eigenvalue weighted by Gasteiger charge is -2.31. The molecule has 2 heterocycles. The summed E-state index contributed by atoms with van der Waals surface area (Å²) in [5.41, 5.74) is 3.41. The van der Waals surface area contributed by atoms with Gasteiger partial charge in [-0.2, -0.15) is 0 Å². The zero-order chi connectivity index (χ0) is 21.1. The molecule has 7 nitrogen and oxygen atoms in total. The Hall–Kier alpha value is -3.09. The van der Waals surface area contributed by atoms with Crippen LogP contribution in [0, 0.1) is 13.8 Å². The van der Waals surface area contributed by atoms with E-state index in [1.807, 2.05) is 24.3 Å². The molecule has 0 saturated carbocycles. The molecule has 7 heteroatoms. The van der Waals surface area contributed by atoms with E-state index in [-0.39, 0.29) is 23.8 Å². The fourth-order valence-electron chi connectivity index (χ4n) is 3.72. The largest absolute Gasteiger partial charge is 0.461 e. The standard InChI is InChI=1S/C22H26N2O5/c1-5-28-22(27)19-13(2)18(14(3)23-19)21(26)29-15(4)20(25)24-12-8-10-16-9-6-7-11-17(16)24/h6-7,9,11,15,23H,5,8,10,12H2,1-4H3. The van der Waals surface area contributed by atoms with Crippen LogP contribution >= 0.6 is 0 Å². The van der Waals surface area contributed by atoms with Crippen molar-refractivity contribution in [1.29, 1.82) is 0 Å². The molecule has 154 valence electrons. The summed E-state index contributed by atoms with van der Waals surface area (Å²) in [7, 11) is 0. The molecule has 0 saturated heterocycles. The Morgan fingerprint density at radius 1 is 1.17 bits per heavy atom. The number of aryl methyl sites for hydroxylation is 2. The third-order valence-corrected chi connectivity index (χ3v) is 5.13. The van der Waals surface area contributed by atoms with Gasteiger partial charge in [0.25, 0.3) is 5.91 Å². The maximum Gasteiger partial charge on any atom is 0.355 e. The molecule has 1 N–H and O–H groups in total. The molecule has 1 aliphatic rings. The van der Waals surface area contributed by atoms with E-state index >= 15 is 0 Å². The quantitative estimate of drug-likeness (QED) is 0.781. The maximum atomic E-state index is 13.0. The predicted molar refractivity (Wildman–Crippen MR) is 108 cm³/mol. The predicted octanol–water partition coefficient (Wildman–Crippen LogP) is 3.33. The number of esters is 2. The van der Waals surface area contributed by atoms with Gasteiger partial charge >= 0.3 is 11.9 Å². The highest BCUT2D eigenvalue weighted by molar-refractivity contribution is 6.02. The minimum atomic E-state index is -0.951. The molecule has 3 rings (SSSR count). The molecule has 2 aromatic rings. The lowest BCUT2D eigenvalue weighted by atomic mass is 10.0. The van der Waals surface area contributed by atoms with E-state index in [9.17, 15) is 14.4 Å². The summed E-state index contributed by atoms with van der Waals surface area (Å²) < 4.78 is 10.5. The van der Waals surface area contributed by atoms with Crippen molar-refractivity contribution >= 4 is 23.5 Å². The first-order valence-corrected chi connectivity index (χ1v) is 9.81. The van der Waals surface area contributed by atoms with Crippen molar-refractivity contribution in [3.63, 3.8) is 0 Å². The van der Waals surface area contributed by atoms with E-state index < -0.39 is 18.0 Å². The topological polar surface area (TPSA) is 88.7 Å². The first-order chi connectivity index (χ1) is 13.8. The fraction of sp³-hybridized carbons (Fsp3) is 0.409. The van der Waals surface area contributed by atoms with E-state index in [1.54, 1.807) is 32.6 Å². The number of anilines is 1. The second-order valence-corrected chi connectivity index (χ2v) is 7.12. The molecule has 1 amide bonds. The summed E-state index contributed by atoms with van der Waals surface area (Å²) >= 11 is 0. The number of ether oxygens (including phenoxy) is 2. The first-order valence-electron chi connectivity index (χ1n) is 9.81. The summed E-state index contributed by atoms with van der Waals surface area (Å²) in [5, 5.41) is 0. The molecule has 0 aliphatic carbocycles. The number of fused-ring (bicyclic) bond motifs is 1. The Bertz CT molecular complexity index is 947. The first kappa shape index (κ1) is 20.6. The minimum absolute atomic E-state index is 0.222. The number of aromatic amines is 1. The normalized spacial score (nSPS) is 14.1. The van der Waals surface area contributed by atoms with Crippen molar-refractivity contribution < 1.29 is 23.9 Å². The molecule has 1 aromatic carbocycles. The Labute approximate surface area is 170 Å². The second kappa shape index (κ2) is 8.51. The van der Waals surface area contributed by atoms with Crippen molar-refractivity contribution in [2.24, 2.45) is 0 Å². The van der Waals surface area contributed by atoms with Gasteiger partial charge in [-0.05, 0) is 57.7 Å². The van der Waals surface area contributed by atoms with Crippen LogP contribution < -0.4 is 4.90 Å². The molecule has 1 unspecified atom stereocenters. The molecule has 1 aliphatic heterocycles. The number of benzene rings is 1. The second-order valence-electron chi connectivity index (χ2n) is 7.12. The average molecular weight is 398 g/mol. The Balaban J connectivity index is 1.76. The zero-order valence-corrected chi connectivity index (χ0v) is 17.2. The van der Waals surface area contributed by atoms with Gasteiger partial charge in [-0.3, -0.25) is 4.79 Å². The van der Waals surface area contributed by atoms with Crippen molar-refractivity contribution in [3.8, 4) is 0 Å². The lowest BCUT2D eigenvalue weighted by molar-refractivity contribution is -0.126. The van der Waals surface area contributed by atoms with E-state index in [2.05, 4.69) is 4.98 Å². The number of amides is 1. The SMILES string of the molecule is CCOC(=O)c1[nH]c(C)c(C(=O)OC(C)C(=O)N2CCCc3ccccc32)c1C. The monoisotopic (exact) mass is 398 g/mol. The van der Waals surface area contributed by atoms with Crippen LogP contribution in [0.4, 0.5) is 5.69 Å². The van der Waals surface area contributed by atoms with Crippen LogP contribution in [-0.2, 0) is 20.7 Å². The third-order valence-electron chi connectivity index (χ3n) is 5.13. The van der Waals surface area contributed by atoms with Crippen LogP contribution in [0.5, 0.6) is 0 Å². The van der Waals surface area contributed by atoms with E-state index in [4.69, 9.17) is 9.47 Å². The van der Waals surface area contributed by atoms with E-state index in [0.717, 1.165) is 24.1 Å². The summed E-state index contributed by atoms with van der Waals surface area (Å²) in [6.07, 6.45) is 0.836. The van der Waals surface area contributed by atoms with Gasteiger partial charge in [0.2, 0.25) is 0 Å². The van der Waals surface area contributed by atoms with Crippen molar-refractivity contribution in [2.45, 2.75) is 46.6 Å². The summed E-state index contributed by atoms with van der Waals surface area (Å²) in [6, 6.07) is 7.77. The van der Waals surface area contributed by atoms with Gasteiger partial charge in [-0.25, -0.2) is 9.59 Å². The molecule has 0 radical (unpaired) electrons. The van der Waals surface area contributed by atoms with Crippen LogP contribution in [0.1, 0.15) is 57.9 Å². The van der Waals surface area contributed by atoms with Gasteiger partial charge in [0.1, 0.15) is 5.69 Å².